The summed E-state index contributed by atoms with van der Waals surface area (Å²) in [4.78, 5) is 26.2. The van der Waals surface area contributed by atoms with Crippen molar-refractivity contribution < 1.29 is 19.4 Å². The molecule has 4 atom stereocenters. The Morgan fingerprint density at radius 3 is 2.54 bits per heavy atom. The molecule has 1 saturated heterocycles. The van der Waals surface area contributed by atoms with Gasteiger partial charge in [-0.1, -0.05) is 36.4 Å². The van der Waals surface area contributed by atoms with Gasteiger partial charge in [0.15, 0.2) is 0 Å². The van der Waals surface area contributed by atoms with E-state index in [0.29, 0.717) is 12.8 Å². The Kier molecular flexibility index (Phi) is 4.92. The van der Waals surface area contributed by atoms with E-state index in [1.165, 1.54) is 16.0 Å². The second-order valence-electron chi connectivity index (χ2n) is 7.51. The van der Waals surface area contributed by atoms with Gasteiger partial charge in [0.2, 0.25) is 11.8 Å². The molecule has 1 N–H and O–H groups in total. The zero-order valence-electron chi connectivity index (χ0n) is 14.8. The number of imide groups is 1. The van der Waals surface area contributed by atoms with E-state index in [-0.39, 0.29) is 42.9 Å². The van der Waals surface area contributed by atoms with E-state index in [4.69, 9.17) is 4.74 Å². The van der Waals surface area contributed by atoms with Crippen LogP contribution < -0.4 is 0 Å². The average Bonchev–Trinajstić information content (AvgIpc) is 2.91. The predicted molar refractivity (Wildman–Crippen MR) is 96.2 cm³/mol. The van der Waals surface area contributed by atoms with Crippen molar-refractivity contribution in [1.29, 1.82) is 0 Å². The Hall–Kier alpha value is -1.98. The number of amides is 2. The first-order chi connectivity index (χ1) is 12.6. The van der Waals surface area contributed by atoms with Gasteiger partial charge in [-0.15, -0.1) is 0 Å². The van der Waals surface area contributed by atoms with Gasteiger partial charge in [-0.25, -0.2) is 0 Å². The number of ether oxygens (including phenoxy) is 1. The van der Waals surface area contributed by atoms with Crippen LogP contribution in [0.25, 0.3) is 0 Å². The number of hydrogen-bond donors (Lipinski definition) is 1. The van der Waals surface area contributed by atoms with Crippen LogP contribution in [0.4, 0.5) is 0 Å². The first-order valence-corrected chi connectivity index (χ1v) is 9.53. The summed E-state index contributed by atoms with van der Waals surface area (Å²) >= 11 is 0. The largest absolute Gasteiger partial charge is 0.389 e. The highest BCUT2D eigenvalue weighted by atomic mass is 16.5. The fourth-order valence-electron chi connectivity index (χ4n) is 4.42. The third kappa shape index (κ3) is 3.21. The van der Waals surface area contributed by atoms with Crippen LogP contribution in [0.3, 0.4) is 0 Å². The van der Waals surface area contributed by atoms with Crippen LogP contribution >= 0.6 is 0 Å². The van der Waals surface area contributed by atoms with Crippen molar-refractivity contribution in [3.05, 3.63) is 47.5 Å². The van der Waals surface area contributed by atoms with E-state index in [2.05, 4.69) is 12.1 Å². The number of aliphatic hydroxyl groups excluding tert-OH is 1. The van der Waals surface area contributed by atoms with Crippen molar-refractivity contribution >= 4 is 11.8 Å². The molecule has 0 saturated carbocycles. The zero-order chi connectivity index (χ0) is 18.1. The van der Waals surface area contributed by atoms with E-state index in [1.54, 1.807) is 0 Å². The molecule has 0 bridgehead atoms. The number of aryl methyl sites for hydroxylation is 1. The van der Waals surface area contributed by atoms with Crippen molar-refractivity contribution in [2.75, 3.05) is 13.2 Å². The summed E-state index contributed by atoms with van der Waals surface area (Å²) in [5, 5.41) is 10.4. The summed E-state index contributed by atoms with van der Waals surface area (Å²) in [7, 11) is 0. The number of nitrogens with zero attached hydrogens (tertiary/aromatic N) is 1. The third-order valence-electron chi connectivity index (χ3n) is 5.80. The topological polar surface area (TPSA) is 66.8 Å². The molecule has 3 aliphatic rings. The number of benzene rings is 1. The SMILES string of the molecule is O=C1[C@H]2CC=CC[C@H]2C(=O)N1C[C@H](O)CO[C@H]1CCCc2ccccc21. The highest BCUT2D eigenvalue weighted by Gasteiger charge is 2.47. The van der Waals surface area contributed by atoms with E-state index >= 15 is 0 Å². The van der Waals surface area contributed by atoms with Gasteiger partial charge in [0, 0.05) is 0 Å². The van der Waals surface area contributed by atoms with Gasteiger partial charge in [-0.2, -0.15) is 0 Å². The molecule has 1 aromatic rings. The number of allylic oxidation sites excluding steroid dienone is 2. The molecular formula is C21H25NO4. The van der Waals surface area contributed by atoms with Crippen LogP contribution in [0.2, 0.25) is 0 Å². The Morgan fingerprint density at radius 2 is 1.81 bits per heavy atom. The molecule has 5 nitrogen and oxygen atoms in total. The minimum absolute atomic E-state index is 0.0219. The number of carbonyl (C=O) groups is 2. The quantitative estimate of drug-likeness (QED) is 0.651. The maximum Gasteiger partial charge on any atom is 0.233 e. The van der Waals surface area contributed by atoms with Crippen LogP contribution in [0.5, 0.6) is 0 Å². The van der Waals surface area contributed by atoms with Crippen molar-refractivity contribution in [3.8, 4) is 0 Å². The monoisotopic (exact) mass is 355 g/mol. The van der Waals surface area contributed by atoms with Crippen molar-refractivity contribution in [3.63, 3.8) is 0 Å². The van der Waals surface area contributed by atoms with E-state index in [9.17, 15) is 14.7 Å². The summed E-state index contributed by atoms with van der Waals surface area (Å²) in [6.07, 6.45) is 7.36. The summed E-state index contributed by atoms with van der Waals surface area (Å²) in [5.74, 6) is -0.783. The molecule has 26 heavy (non-hydrogen) atoms. The number of carbonyl (C=O) groups excluding carboxylic acids is 2. The Labute approximate surface area is 153 Å². The summed E-state index contributed by atoms with van der Waals surface area (Å²) in [6, 6.07) is 8.25. The van der Waals surface area contributed by atoms with Crippen molar-refractivity contribution in [1.82, 2.24) is 4.90 Å². The molecule has 1 aromatic carbocycles. The molecule has 1 fully saturated rings. The average molecular weight is 355 g/mol. The number of β-amino-alcohol motifs (C(OH)–C–C–N with tert-alkyl or cyclic N) is 1. The molecular weight excluding hydrogens is 330 g/mol. The van der Waals surface area contributed by atoms with E-state index in [1.807, 2.05) is 24.3 Å². The zero-order valence-corrected chi connectivity index (χ0v) is 14.8. The fourth-order valence-corrected chi connectivity index (χ4v) is 4.42. The lowest BCUT2D eigenvalue weighted by molar-refractivity contribution is -0.142. The number of likely N-dealkylation sites (tertiary alicyclic amines) is 1. The maximum absolute atomic E-state index is 12.5. The van der Waals surface area contributed by atoms with Gasteiger partial charge in [0.1, 0.15) is 0 Å². The first kappa shape index (κ1) is 17.4. The minimum Gasteiger partial charge on any atom is -0.389 e. The number of hydrogen-bond acceptors (Lipinski definition) is 4. The fraction of sp³-hybridized carbons (Fsp3) is 0.524. The highest BCUT2D eigenvalue weighted by molar-refractivity contribution is 6.05. The Bertz CT molecular complexity index is 702. The molecule has 138 valence electrons. The second-order valence-corrected chi connectivity index (χ2v) is 7.51. The number of rotatable bonds is 5. The predicted octanol–water partition coefficient (Wildman–Crippen LogP) is 2.39. The lowest BCUT2D eigenvalue weighted by atomic mass is 9.85. The van der Waals surface area contributed by atoms with Crippen LogP contribution in [0.1, 0.15) is 42.9 Å². The second kappa shape index (κ2) is 7.33. The molecule has 0 aromatic heterocycles. The molecule has 2 aliphatic carbocycles. The summed E-state index contributed by atoms with van der Waals surface area (Å²) in [6.45, 7) is 0.155. The number of aliphatic hydroxyl groups is 1. The molecule has 4 rings (SSSR count). The van der Waals surface area contributed by atoms with Gasteiger partial charge < -0.3 is 9.84 Å². The molecule has 0 spiro atoms. The Morgan fingerprint density at radius 1 is 1.12 bits per heavy atom. The normalized spacial score (nSPS) is 28.8. The van der Waals surface area contributed by atoms with Crippen LogP contribution in [0, 0.1) is 11.8 Å². The van der Waals surface area contributed by atoms with E-state index in [0.717, 1.165) is 19.3 Å². The standard InChI is InChI=1S/C21H25NO4/c23-15(12-22-20(24)17-9-3-4-10-18(17)21(22)25)13-26-19-11-5-7-14-6-1-2-8-16(14)19/h1-4,6,8,15,17-19,23H,5,7,9-13H2/t15-,17-,18+,19-/m0/s1. The molecule has 5 heteroatoms. The Balaban J connectivity index is 1.34. The number of fused-ring (bicyclic) bond motifs is 2. The molecule has 1 aliphatic heterocycles. The van der Waals surface area contributed by atoms with Crippen LogP contribution in [-0.4, -0.2) is 41.1 Å². The van der Waals surface area contributed by atoms with Gasteiger partial charge in [0.25, 0.3) is 0 Å². The van der Waals surface area contributed by atoms with Crippen molar-refractivity contribution in [2.45, 2.75) is 44.3 Å². The van der Waals surface area contributed by atoms with Crippen LogP contribution in [-0.2, 0) is 20.7 Å². The van der Waals surface area contributed by atoms with Crippen LogP contribution in [0.15, 0.2) is 36.4 Å². The van der Waals surface area contributed by atoms with E-state index < -0.39 is 6.10 Å². The summed E-state index contributed by atoms with van der Waals surface area (Å²) < 4.78 is 5.96. The molecule has 2 amide bonds. The van der Waals surface area contributed by atoms with Gasteiger partial charge >= 0.3 is 0 Å². The van der Waals surface area contributed by atoms with Crippen molar-refractivity contribution in [2.24, 2.45) is 11.8 Å². The maximum atomic E-state index is 12.5. The first-order valence-electron chi connectivity index (χ1n) is 9.53. The van der Waals surface area contributed by atoms with Gasteiger partial charge in [-0.3, -0.25) is 14.5 Å². The smallest absolute Gasteiger partial charge is 0.233 e. The lowest BCUT2D eigenvalue weighted by Crippen LogP contribution is -2.39. The minimum atomic E-state index is -0.856. The molecule has 0 radical (unpaired) electrons. The molecule has 1 heterocycles. The highest BCUT2D eigenvalue weighted by Crippen LogP contribution is 2.35. The van der Waals surface area contributed by atoms with Gasteiger partial charge in [-0.05, 0) is 43.2 Å². The summed E-state index contributed by atoms with van der Waals surface area (Å²) in [5.41, 5.74) is 2.50. The van der Waals surface area contributed by atoms with Gasteiger partial charge in [0.05, 0.1) is 37.2 Å². The lowest BCUT2D eigenvalue weighted by Gasteiger charge is -2.27. The third-order valence-corrected chi connectivity index (χ3v) is 5.80. The molecule has 0 unspecified atom stereocenters.